The van der Waals surface area contributed by atoms with Gasteiger partial charge in [-0.2, -0.15) is 0 Å². The van der Waals surface area contributed by atoms with Crippen molar-refractivity contribution >= 4 is 24.0 Å². The van der Waals surface area contributed by atoms with Crippen LogP contribution in [0.25, 0.3) is 0 Å². The molecule has 1 unspecified atom stereocenters. The third-order valence-electron chi connectivity index (χ3n) is 3.28. The molecule has 0 aliphatic carbocycles. The molecule has 0 bridgehead atoms. The lowest BCUT2D eigenvalue weighted by atomic mass is 10.2. The maximum atomic E-state index is 9.26. The number of aliphatic hydroxyl groups excluding tert-OH is 1. The van der Waals surface area contributed by atoms with E-state index in [9.17, 15) is 5.11 Å². The van der Waals surface area contributed by atoms with E-state index in [1.807, 2.05) is 42.5 Å². The van der Waals surface area contributed by atoms with Crippen LogP contribution in [0, 0.1) is 0 Å². The molecule has 1 atom stereocenters. The molecule has 132 valence electrons. The summed E-state index contributed by atoms with van der Waals surface area (Å²) in [5.41, 5.74) is 2.07. The fourth-order valence-corrected chi connectivity index (χ4v) is 2.37. The Morgan fingerprint density at radius 2 is 1.92 bits per heavy atom. The van der Waals surface area contributed by atoms with Gasteiger partial charge in [-0.15, -0.1) is 12.4 Å². The van der Waals surface area contributed by atoms with Crippen molar-refractivity contribution in [3.05, 3.63) is 58.6 Å². The molecule has 2 rings (SSSR count). The molecule has 0 heterocycles. The van der Waals surface area contributed by atoms with Gasteiger partial charge < -0.3 is 19.9 Å². The zero-order valence-corrected chi connectivity index (χ0v) is 15.4. The Bertz CT molecular complexity index is 635. The van der Waals surface area contributed by atoms with Crippen molar-refractivity contribution in [2.45, 2.75) is 26.2 Å². The van der Waals surface area contributed by atoms with Crippen LogP contribution in [0.3, 0.4) is 0 Å². The van der Waals surface area contributed by atoms with Crippen LogP contribution >= 0.6 is 24.0 Å². The van der Waals surface area contributed by atoms with Gasteiger partial charge in [0, 0.05) is 18.1 Å². The largest absolute Gasteiger partial charge is 0.493 e. The molecule has 0 fully saturated rings. The van der Waals surface area contributed by atoms with Crippen LogP contribution in [0.1, 0.15) is 18.1 Å². The molecule has 0 saturated carbocycles. The first-order chi connectivity index (χ1) is 11.1. The molecule has 24 heavy (non-hydrogen) atoms. The minimum Gasteiger partial charge on any atom is -0.493 e. The first-order valence-electron chi connectivity index (χ1n) is 7.51. The minimum absolute atomic E-state index is 0. The van der Waals surface area contributed by atoms with E-state index >= 15 is 0 Å². The molecule has 0 amide bonds. The van der Waals surface area contributed by atoms with Crippen LogP contribution in [0.4, 0.5) is 0 Å². The molecule has 2 aromatic rings. The van der Waals surface area contributed by atoms with Crippen LogP contribution in [-0.2, 0) is 13.2 Å². The number of benzene rings is 2. The molecule has 6 heteroatoms. The molecule has 0 aliphatic heterocycles. The Morgan fingerprint density at radius 1 is 1.12 bits per heavy atom. The zero-order chi connectivity index (χ0) is 16.7. The van der Waals surface area contributed by atoms with Crippen molar-refractivity contribution in [1.82, 2.24) is 5.32 Å². The fourth-order valence-electron chi connectivity index (χ4n) is 2.15. The van der Waals surface area contributed by atoms with E-state index in [-0.39, 0.29) is 18.5 Å². The van der Waals surface area contributed by atoms with E-state index in [0.29, 0.717) is 36.2 Å². The topological polar surface area (TPSA) is 50.7 Å². The molecular weight excluding hydrogens is 349 g/mol. The third kappa shape index (κ3) is 6.57. The summed E-state index contributed by atoms with van der Waals surface area (Å²) in [4.78, 5) is 0. The highest BCUT2D eigenvalue weighted by molar-refractivity contribution is 6.30. The molecule has 0 spiro atoms. The van der Waals surface area contributed by atoms with E-state index in [0.717, 1.165) is 11.1 Å². The predicted molar refractivity (Wildman–Crippen MR) is 99.4 cm³/mol. The van der Waals surface area contributed by atoms with E-state index in [4.69, 9.17) is 21.1 Å². The molecule has 4 nitrogen and oxygen atoms in total. The van der Waals surface area contributed by atoms with Crippen molar-refractivity contribution in [1.29, 1.82) is 0 Å². The summed E-state index contributed by atoms with van der Waals surface area (Å²) in [5.74, 6) is 1.37. The van der Waals surface area contributed by atoms with Gasteiger partial charge in [-0.25, -0.2) is 0 Å². The van der Waals surface area contributed by atoms with Crippen molar-refractivity contribution < 1.29 is 14.6 Å². The van der Waals surface area contributed by atoms with E-state index in [2.05, 4.69) is 5.32 Å². The molecule has 2 N–H and O–H groups in total. The van der Waals surface area contributed by atoms with Gasteiger partial charge in [0.1, 0.15) is 6.61 Å². The highest BCUT2D eigenvalue weighted by atomic mass is 35.5. The van der Waals surface area contributed by atoms with E-state index in [1.54, 1.807) is 14.0 Å². The van der Waals surface area contributed by atoms with E-state index < -0.39 is 0 Å². The van der Waals surface area contributed by atoms with Gasteiger partial charge in [-0.3, -0.25) is 0 Å². The van der Waals surface area contributed by atoms with Gasteiger partial charge in [-0.05, 0) is 42.3 Å². The fraction of sp³-hybridized carbons (Fsp3) is 0.333. The maximum Gasteiger partial charge on any atom is 0.161 e. The average molecular weight is 372 g/mol. The van der Waals surface area contributed by atoms with Gasteiger partial charge in [-0.1, -0.05) is 29.8 Å². The van der Waals surface area contributed by atoms with Crippen LogP contribution in [-0.4, -0.2) is 24.9 Å². The van der Waals surface area contributed by atoms with Crippen LogP contribution < -0.4 is 14.8 Å². The summed E-state index contributed by atoms with van der Waals surface area (Å²) < 4.78 is 11.2. The number of methoxy groups -OCH3 is 1. The second-order valence-electron chi connectivity index (χ2n) is 5.38. The van der Waals surface area contributed by atoms with Gasteiger partial charge in [0.25, 0.3) is 0 Å². The lowest BCUT2D eigenvalue weighted by molar-refractivity contribution is 0.191. The monoisotopic (exact) mass is 371 g/mol. The Morgan fingerprint density at radius 3 is 2.58 bits per heavy atom. The molecular formula is C18H23Cl2NO3. The number of nitrogens with one attached hydrogen (secondary N) is 1. The van der Waals surface area contributed by atoms with E-state index in [1.165, 1.54) is 0 Å². The molecule has 0 saturated heterocycles. The smallest absolute Gasteiger partial charge is 0.161 e. The summed E-state index contributed by atoms with van der Waals surface area (Å²) in [7, 11) is 1.62. The maximum absolute atomic E-state index is 9.26. The number of halogens is 2. The third-order valence-corrected chi connectivity index (χ3v) is 3.52. The standard InChI is InChI=1S/C18H22ClNO3.ClH/c1-13(21)10-20-11-14-6-7-17(18(9-14)22-2)23-12-15-4-3-5-16(19)8-15;/h3-9,13,20-21H,10-12H2,1-2H3;1H. The number of aliphatic hydroxyl groups is 1. The van der Waals surface area contributed by atoms with Crippen molar-refractivity contribution in [2.24, 2.45) is 0 Å². The Hall–Kier alpha value is -1.46. The molecule has 0 aromatic heterocycles. The summed E-state index contributed by atoms with van der Waals surface area (Å²) in [6.07, 6.45) is -0.364. The molecule has 2 aromatic carbocycles. The zero-order valence-electron chi connectivity index (χ0n) is 13.8. The highest BCUT2D eigenvalue weighted by Gasteiger charge is 2.07. The predicted octanol–water partition coefficient (Wildman–Crippen LogP) is 3.82. The van der Waals surface area contributed by atoms with Crippen LogP contribution in [0.5, 0.6) is 11.5 Å². The second kappa shape index (κ2) is 10.4. The summed E-state index contributed by atoms with van der Waals surface area (Å²) in [5, 5.41) is 13.1. The SMILES string of the molecule is COc1cc(CNCC(C)O)ccc1OCc1cccc(Cl)c1.Cl. The highest BCUT2D eigenvalue weighted by Crippen LogP contribution is 2.29. The van der Waals surface area contributed by atoms with Crippen LogP contribution in [0.2, 0.25) is 5.02 Å². The van der Waals surface area contributed by atoms with Gasteiger partial charge in [0.05, 0.1) is 13.2 Å². The summed E-state index contributed by atoms with van der Waals surface area (Å²) >= 11 is 5.97. The Balaban J connectivity index is 0.00000288. The summed E-state index contributed by atoms with van der Waals surface area (Å²) in [6, 6.07) is 13.4. The number of rotatable bonds is 8. The Labute approximate surface area is 154 Å². The first-order valence-corrected chi connectivity index (χ1v) is 7.89. The molecule has 0 radical (unpaired) electrons. The summed E-state index contributed by atoms with van der Waals surface area (Å²) in [6.45, 7) is 3.39. The van der Waals surface area contributed by atoms with Crippen molar-refractivity contribution in [2.75, 3.05) is 13.7 Å². The minimum atomic E-state index is -0.364. The average Bonchev–Trinajstić information content (AvgIpc) is 2.53. The lowest BCUT2D eigenvalue weighted by Crippen LogP contribution is -2.23. The van der Waals surface area contributed by atoms with Crippen molar-refractivity contribution in [3.63, 3.8) is 0 Å². The van der Waals surface area contributed by atoms with Crippen molar-refractivity contribution in [3.8, 4) is 11.5 Å². The second-order valence-corrected chi connectivity index (χ2v) is 5.82. The quantitative estimate of drug-likeness (QED) is 0.740. The number of hydrogen-bond donors (Lipinski definition) is 2. The lowest BCUT2D eigenvalue weighted by Gasteiger charge is -2.13. The number of ether oxygens (including phenoxy) is 2. The first kappa shape index (κ1) is 20.6. The number of hydrogen-bond acceptors (Lipinski definition) is 4. The van der Waals surface area contributed by atoms with Crippen LogP contribution in [0.15, 0.2) is 42.5 Å². The van der Waals surface area contributed by atoms with Gasteiger partial charge in [0.15, 0.2) is 11.5 Å². The van der Waals surface area contributed by atoms with Gasteiger partial charge >= 0.3 is 0 Å². The van der Waals surface area contributed by atoms with Gasteiger partial charge in [0.2, 0.25) is 0 Å². The molecule has 0 aliphatic rings. The Kier molecular flexibility index (Phi) is 8.93. The normalized spacial score (nSPS) is 11.5.